The van der Waals surface area contributed by atoms with Gasteiger partial charge in [0, 0.05) is 24.7 Å². The van der Waals surface area contributed by atoms with Gasteiger partial charge in [-0.25, -0.2) is 0 Å². The molecule has 4 rings (SSSR count). The van der Waals surface area contributed by atoms with Crippen molar-refractivity contribution in [1.82, 2.24) is 4.90 Å². The van der Waals surface area contributed by atoms with Crippen LogP contribution in [0.4, 0.5) is 5.69 Å². The van der Waals surface area contributed by atoms with Gasteiger partial charge in [-0.2, -0.15) is 0 Å². The highest BCUT2D eigenvalue weighted by atomic mass is 32.2. The molecule has 1 aliphatic heterocycles. The third-order valence-electron chi connectivity index (χ3n) is 6.51. The maximum atomic E-state index is 12.9. The number of nitrogens with zero attached hydrogens (tertiary/aromatic N) is 1. The molecule has 0 atom stereocenters. The number of benzene rings is 3. The Balaban J connectivity index is 1.41. The number of hydrogen-bond donors (Lipinski definition) is 2. The zero-order valence-electron chi connectivity index (χ0n) is 18.2. The number of rotatable bonds is 4. The van der Waals surface area contributed by atoms with Gasteiger partial charge in [0.05, 0.1) is 4.90 Å². The van der Waals surface area contributed by atoms with Gasteiger partial charge in [0.25, 0.3) is 5.91 Å². The van der Waals surface area contributed by atoms with Gasteiger partial charge in [-0.15, -0.1) is 0 Å². The van der Waals surface area contributed by atoms with E-state index in [1.807, 2.05) is 23.1 Å². The highest BCUT2D eigenvalue weighted by Gasteiger charge is 2.25. The van der Waals surface area contributed by atoms with Gasteiger partial charge in [-0.05, 0) is 84.5 Å². The molecule has 1 amide bonds. The Morgan fingerprint density at radius 3 is 2.39 bits per heavy atom. The first-order valence-electron chi connectivity index (χ1n) is 10.8. The Bertz CT molecular complexity index is 1090. The summed E-state index contributed by atoms with van der Waals surface area (Å²) >= 11 is 1.16. The zero-order chi connectivity index (χ0) is 22.0. The van der Waals surface area contributed by atoms with Crippen LogP contribution in [0.2, 0.25) is 0 Å². The van der Waals surface area contributed by atoms with E-state index >= 15 is 0 Å². The Labute approximate surface area is 188 Å². The molecule has 1 heterocycles. The predicted octanol–water partition coefficient (Wildman–Crippen LogP) is 4.83. The van der Waals surface area contributed by atoms with Crippen LogP contribution in [-0.4, -0.2) is 23.9 Å². The van der Waals surface area contributed by atoms with Gasteiger partial charge in [0.15, 0.2) is 0 Å². The zero-order valence-corrected chi connectivity index (χ0v) is 19.0. The minimum absolute atomic E-state index is 0.0854. The number of likely N-dealkylation sites (tertiary alicyclic amines) is 1. The van der Waals surface area contributed by atoms with Crippen molar-refractivity contribution in [2.24, 2.45) is 5.14 Å². The van der Waals surface area contributed by atoms with Crippen molar-refractivity contribution in [3.8, 4) is 11.1 Å². The molecule has 3 aromatic rings. The van der Waals surface area contributed by atoms with E-state index in [4.69, 9.17) is 5.14 Å². The molecule has 0 unspecified atom stereocenters. The number of amides is 1. The molecule has 0 aromatic heterocycles. The molecular weight excluding hydrogens is 402 g/mol. The molecule has 1 aliphatic rings. The number of hydrogen-bond acceptors (Lipinski definition) is 3. The lowest BCUT2D eigenvalue weighted by molar-refractivity contribution is -0.258. The fraction of sp³-hybridized carbons (Fsp3) is 0.269. The van der Waals surface area contributed by atoms with E-state index in [9.17, 15) is 4.79 Å². The van der Waals surface area contributed by atoms with Gasteiger partial charge in [0.2, 0.25) is 0 Å². The third-order valence-corrected chi connectivity index (χ3v) is 7.17. The smallest absolute Gasteiger partial charge is 0.254 e. The summed E-state index contributed by atoms with van der Waals surface area (Å²) in [6.45, 7) is 5.90. The van der Waals surface area contributed by atoms with Crippen molar-refractivity contribution in [3.63, 3.8) is 0 Å². The van der Waals surface area contributed by atoms with Gasteiger partial charge >= 0.3 is 0 Å². The lowest BCUT2D eigenvalue weighted by Crippen LogP contribution is -2.42. The Morgan fingerprint density at radius 1 is 1.03 bits per heavy atom. The molecule has 5 heteroatoms. The molecule has 160 valence electrons. The van der Waals surface area contributed by atoms with E-state index in [1.54, 1.807) is 0 Å². The second-order valence-electron chi connectivity index (χ2n) is 8.38. The summed E-state index contributed by atoms with van der Waals surface area (Å²) < 4.78 is 0. The van der Waals surface area contributed by atoms with Crippen LogP contribution in [0.1, 0.15) is 45.8 Å². The van der Waals surface area contributed by atoms with Gasteiger partial charge in [0.1, 0.15) is 5.69 Å². The lowest BCUT2D eigenvalue weighted by atomic mass is 9.87. The van der Waals surface area contributed by atoms with E-state index in [-0.39, 0.29) is 5.91 Å². The van der Waals surface area contributed by atoms with Gasteiger partial charge in [-0.1, -0.05) is 42.5 Å². The normalized spacial score (nSPS) is 14.6. The maximum absolute atomic E-state index is 12.9. The van der Waals surface area contributed by atoms with Gasteiger partial charge < -0.3 is 10.6 Å². The summed E-state index contributed by atoms with van der Waals surface area (Å²) in [7, 11) is 0. The van der Waals surface area contributed by atoms with E-state index in [2.05, 4.69) is 62.0 Å². The highest BCUT2D eigenvalue weighted by Crippen LogP contribution is 2.32. The third kappa shape index (κ3) is 4.54. The highest BCUT2D eigenvalue weighted by molar-refractivity contribution is 7.97. The molecule has 0 aliphatic carbocycles. The van der Waals surface area contributed by atoms with Crippen molar-refractivity contribution in [1.29, 1.82) is 0 Å². The molecule has 31 heavy (non-hydrogen) atoms. The predicted molar refractivity (Wildman–Crippen MR) is 128 cm³/mol. The Morgan fingerprint density at radius 2 is 1.74 bits per heavy atom. The summed E-state index contributed by atoms with van der Waals surface area (Å²) in [5, 5.41) is 5.63. The molecular formula is C26H30N3OS+. The van der Waals surface area contributed by atoms with Crippen LogP contribution in [0, 0.1) is 13.8 Å². The van der Waals surface area contributed by atoms with Crippen LogP contribution in [0.25, 0.3) is 11.1 Å². The number of quaternary nitrogens is 1. The summed E-state index contributed by atoms with van der Waals surface area (Å²) in [6.07, 6.45) is 1.98. The number of carbonyl (C=O) groups excluding carboxylic acids is 1. The monoisotopic (exact) mass is 432 g/mol. The molecule has 0 radical (unpaired) electrons. The largest absolute Gasteiger partial charge is 0.339 e. The SMILES string of the molecule is Cc1cccc(-c2ccc(C3CCN(C(=O)c4ccc(SN)c([NH3+])c4)CC3)cc2)c1C. The van der Waals surface area contributed by atoms with E-state index in [0.717, 1.165) is 48.5 Å². The molecule has 0 bridgehead atoms. The number of nitrogens with two attached hydrogens (primary N) is 1. The molecule has 1 fully saturated rings. The van der Waals surface area contributed by atoms with Crippen molar-refractivity contribution in [2.45, 2.75) is 37.5 Å². The summed E-state index contributed by atoms with van der Waals surface area (Å²) in [5.41, 5.74) is 12.1. The Kier molecular flexibility index (Phi) is 6.46. The Hall–Kier alpha value is -2.60. The van der Waals surface area contributed by atoms with Crippen LogP contribution in [0.3, 0.4) is 0 Å². The number of aryl methyl sites for hydroxylation is 1. The first-order valence-corrected chi connectivity index (χ1v) is 11.6. The fourth-order valence-electron chi connectivity index (χ4n) is 4.42. The van der Waals surface area contributed by atoms with E-state index < -0.39 is 0 Å². The standard InChI is InChI=1S/C26H29N3OS/c1-17-4-3-5-23(18(17)2)21-8-6-19(7-9-21)20-12-14-29(15-13-20)26(30)22-10-11-25(31-28)24(27)16-22/h3-11,16,20H,12-15,27-28H2,1-2H3/p+1. The van der Waals surface area contributed by atoms with Crippen molar-refractivity contribution in [3.05, 3.63) is 82.9 Å². The summed E-state index contributed by atoms with van der Waals surface area (Å²) in [4.78, 5) is 15.8. The van der Waals surface area contributed by atoms with Crippen LogP contribution in [0.5, 0.6) is 0 Å². The quantitative estimate of drug-likeness (QED) is 0.580. The van der Waals surface area contributed by atoms with Gasteiger partial charge in [-0.3, -0.25) is 9.93 Å². The summed E-state index contributed by atoms with van der Waals surface area (Å²) in [6, 6.07) is 21.0. The van der Waals surface area contributed by atoms with Crippen LogP contribution in [0.15, 0.2) is 65.6 Å². The molecule has 1 saturated heterocycles. The summed E-state index contributed by atoms with van der Waals surface area (Å²) in [5.74, 6) is 0.582. The van der Waals surface area contributed by atoms with Crippen LogP contribution in [-0.2, 0) is 0 Å². The molecule has 0 spiro atoms. The molecule has 5 N–H and O–H groups in total. The first-order chi connectivity index (χ1) is 15.0. The van der Waals surface area contributed by atoms with Crippen LogP contribution >= 0.6 is 11.9 Å². The van der Waals surface area contributed by atoms with Crippen molar-refractivity contribution < 1.29 is 10.5 Å². The molecule has 3 aromatic carbocycles. The topological polar surface area (TPSA) is 74.0 Å². The van der Waals surface area contributed by atoms with E-state index in [0.29, 0.717) is 11.5 Å². The number of piperidine rings is 1. The minimum atomic E-state index is 0.0854. The average molecular weight is 433 g/mol. The number of carbonyl (C=O) groups is 1. The lowest BCUT2D eigenvalue weighted by Gasteiger charge is -2.32. The van der Waals surface area contributed by atoms with Crippen LogP contribution < -0.4 is 10.9 Å². The molecule has 0 saturated carbocycles. The molecule has 4 nitrogen and oxygen atoms in total. The minimum Gasteiger partial charge on any atom is -0.339 e. The van der Waals surface area contributed by atoms with Crippen molar-refractivity contribution >= 4 is 23.5 Å². The second kappa shape index (κ2) is 9.27. The van der Waals surface area contributed by atoms with Crippen molar-refractivity contribution in [2.75, 3.05) is 13.1 Å². The maximum Gasteiger partial charge on any atom is 0.254 e. The van der Waals surface area contributed by atoms with E-state index in [1.165, 1.54) is 27.8 Å². The first kappa shape index (κ1) is 21.6. The fourth-order valence-corrected chi connectivity index (χ4v) is 4.78. The average Bonchev–Trinajstić information content (AvgIpc) is 2.80. The second-order valence-corrected chi connectivity index (χ2v) is 9.05.